The van der Waals surface area contributed by atoms with E-state index in [1.807, 2.05) is 36.4 Å². The molecule has 2 atom stereocenters. The molecule has 228 valence electrons. The molecule has 0 aromatic heterocycles. The summed E-state index contributed by atoms with van der Waals surface area (Å²) < 4.78 is 24.1. The molecule has 0 amide bonds. The zero-order valence-electron chi connectivity index (χ0n) is 26.1. The zero-order chi connectivity index (χ0) is 29.9. The SMILES string of the molecule is COc1cccc(OC)c1-c1cccc(-c2c(OC)cccc2OC)c1P1C(C2CCCC2)CC(=O)CC1C1CCCC1. The molecule has 0 N–H and O–H groups in total. The molecular weight excluding hydrogens is 555 g/mol. The fourth-order valence-corrected chi connectivity index (χ4v) is 12.6. The summed E-state index contributed by atoms with van der Waals surface area (Å²) in [5.41, 5.74) is 4.98. The van der Waals surface area contributed by atoms with Gasteiger partial charge in [-0.3, -0.25) is 4.79 Å². The van der Waals surface area contributed by atoms with Crippen LogP contribution in [0.3, 0.4) is 0 Å². The minimum Gasteiger partial charge on any atom is -0.496 e. The van der Waals surface area contributed by atoms with E-state index in [2.05, 4.69) is 18.2 Å². The number of hydrogen-bond acceptors (Lipinski definition) is 5. The Morgan fingerprint density at radius 3 is 1.26 bits per heavy atom. The maximum Gasteiger partial charge on any atom is 0.134 e. The highest BCUT2D eigenvalue weighted by atomic mass is 31.1. The second kappa shape index (κ2) is 13.3. The molecule has 3 aromatic carbocycles. The Morgan fingerprint density at radius 2 is 0.907 bits per heavy atom. The molecule has 1 aliphatic heterocycles. The summed E-state index contributed by atoms with van der Waals surface area (Å²) in [5, 5.41) is 1.35. The van der Waals surface area contributed by atoms with Gasteiger partial charge in [-0.05, 0) is 89.5 Å². The Kier molecular flexibility index (Phi) is 9.28. The van der Waals surface area contributed by atoms with Crippen LogP contribution in [0.4, 0.5) is 0 Å². The third-order valence-electron chi connectivity index (χ3n) is 10.2. The molecule has 2 aliphatic carbocycles. The van der Waals surface area contributed by atoms with E-state index in [4.69, 9.17) is 18.9 Å². The molecule has 6 rings (SSSR count). The van der Waals surface area contributed by atoms with Crippen LogP contribution in [0.25, 0.3) is 22.3 Å². The molecule has 3 aliphatic rings. The van der Waals surface area contributed by atoms with Crippen molar-refractivity contribution in [3.8, 4) is 45.3 Å². The first-order valence-corrected chi connectivity index (χ1v) is 17.4. The van der Waals surface area contributed by atoms with E-state index in [-0.39, 0.29) is 0 Å². The van der Waals surface area contributed by atoms with Crippen molar-refractivity contribution < 1.29 is 23.7 Å². The monoisotopic (exact) mass is 600 g/mol. The summed E-state index contributed by atoms with van der Waals surface area (Å²) in [6, 6.07) is 18.7. The van der Waals surface area contributed by atoms with Crippen LogP contribution < -0.4 is 24.3 Å². The molecule has 3 fully saturated rings. The van der Waals surface area contributed by atoms with Gasteiger partial charge in [0.15, 0.2) is 0 Å². The summed E-state index contributed by atoms with van der Waals surface area (Å²) in [7, 11) is 6.19. The van der Waals surface area contributed by atoms with E-state index in [1.165, 1.54) is 56.7 Å². The second-order valence-corrected chi connectivity index (χ2v) is 14.9. The highest BCUT2D eigenvalue weighted by Crippen LogP contribution is 2.63. The molecule has 5 nitrogen and oxygen atoms in total. The van der Waals surface area contributed by atoms with Crippen molar-refractivity contribution in [1.82, 2.24) is 0 Å². The summed E-state index contributed by atoms with van der Waals surface area (Å²) in [4.78, 5) is 13.6. The van der Waals surface area contributed by atoms with Gasteiger partial charge in [-0.2, -0.15) is 0 Å². The number of rotatable bonds is 9. The number of carbonyl (C=O) groups excluding carboxylic acids is 1. The third kappa shape index (κ3) is 5.66. The fraction of sp³-hybridized carbons (Fsp3) is 0.486. The average Bonchev–Trinajstić information content (AvgIpc) is 3.79. The van der Waals surface area contributed by atoms with E-state index in [0.29, 0.717) is 41.8 Å². The Morgan fingerprint density at radius 1 is 0.558 bits per heavy atom. The largest absolute Gasteiger partial charge is 0.496 e. The topological polar surface area (TPSA) is 54.0 Å². The summed E-state index contributed by atoms with van der Waals surface area (Å²) in [6.07, 6.45) is 11.3. The number of ether oxygens (including phenoxy) is 4. The van der Waals surface area contributed by atoms with Gasteiger partial charge < -0.3 is 18.9 Å². The molecule has 6 heteroatoms. The van der Waals surface area contributed by atoms with Gasteiger partial charge in [0.25, 0.3) is 0 Å². The molecule has 3 aromatic rings. The number of methoxy groups -OCH3 is 4. The lowest BCUT2D eigenvalue weighted by atomic mass is 9.93. The van der Waals surface area contributed by atoms with Crippen LogP contribution in [0.5, 0.6) is 23.0 Å². The number of carbonyl (C=O) groups is 1. The highest BCUT2D eigenvalue weighted by molar-refractivity contribution is 7.68. The van der Waals surface area contributed by atoms with Crippen LogP contribution in [0, 0.1) is 11.8 Å². The van der Waals surface area contributed by atoms with Crippen LogP contribution in [0.1, 0.15) is 64.2 Å². The van der Waals surface area contributed by atoms with Gasteiger partial charge in [0.2, 0.25) is 0 Å². The van der Waals surface area contributed by atoms with Gasteiger partial charge in [0, 0.05) is 12.8 Å². The van der Waals surface area contributed by atoms with Crippen molar-refractivity contribution in [1.29, 1.82) is 0 Å². The zero-order valence-corrected chi connectivity index (χ0v) is 27.0. The number of benzene rings is 3. The Balaban J connectivity index is 1.70. The lowest BCUT2D eigenvalue weighted by molar-refractivity contribution is -0.119. The van der Waals surface area contributed by atoms with Crippen LogP contribution in [0.15, 0.2) is 54.6 Å². The Bertz CT molecular complexity index is 1290. The molecule has 1 saturated heterocycles. The van der Waals surface area contributed by atoms with Crippen molar-refractivity contribution in [2.45, 2.75) is 75.5 Å². The minimum atomic E-state index is -0.744. The van der Waals surface area contributed by atoms with E-state index < -0.39 is 7.92 Å². The van der Waals surface area contributed by atoms with E-state index in [0.717, 1.165) is 45.3 Å². The molecule has 0 radical (unpaired) electrons. The van der Waals surface area contributed by atoms with Gasteiger partial charge in [-0.15, -0.1) is 0 Å². The Labute approximate surface area is 258 Å². The highest BCUT2D eigenvalue weighted by Gasteiger charge is 2.47. The quantitative estimate of drug-likeness (QED) is 0.230. The van der Waals surface area contributed by atoms with Crippen LogP contribution in [-0.4, -0.2) is 45.5 Å². The summed E-state index contributed by atoms with van der Waals surface area (Å²) in [6.45, 7) is 0. The maximum atomic E-state index is 13.6. The van der Waals surface area contributed by atoms with Gasteiger partial charge in [0.1, 0.15) is 28.8 Å². The molecule has 1 heterocycles. The first kappa shape index (κ1) is 30.0. The van der Waals surface area contributed by atoms with E-state index in [9.17, 15) is 4.79 Å². The molecule has 43 heavy (non-hydrogen) atoms. The fourth-order valence-electron chi connectivity index (χ4n) is 8.25. The summed E-state index contributed by atoms with van der Waals surface area (Å²) in [5.74, 6) is 4.81. The Hall–Kier alpha value is -3.04. The van der Waals surface area contributed by atoms with Gasteiger partial charge >= 0.3 is 0 Å². The first-order chi connectivity index (χ1) is 21.1. The lowest BCUT2D eigenvalue weighted by Gasteiger charge is -2.45. The lowest BCUT2D eigenvalue weighted by Crippen LogP contribution is -2.39. The number of Topliss-reactive ketones (excluding diaryl/α,β-unsaturated/α-hetero) is 1. The number of hydrogen-bond donors (Lipinski definition) is 0. The van der Waals surface area contributed by atoms with Crippen LogP contribution in [-0.2, 0) is 4.79 Å². The van der Waals surface area contributed by atoms with Crippen molar-refractivity contribution in [3.05, 3.63) is 54.6 Å². The van der Waals surface area contributed by atoms with Gasteiger partial charge in [0.05, 0.1) is 39.6 Å². The molecule has 2 saturated carbocycles. The second-order valence-electron chi connectivity index (χ2n) is 12.4. The predicted octanol–water partition coefficient (Wildman–Crippen LogP) is 8.64. The smallest absolute Gasteiger partial charge is 0.134 e. The third-order valence-corrected chi connectivity index (χ3v) is 13.8. The van der Waals surface area contributed by atoms with Crippen molar-refractivity contribution in [2.24, 2.45) is 11.8 Å². The van der Waals surface area contributed by atoms with Crippen molar-refractivity contribution in [3.63, 3.8) is 0 Å². The average molecular weight is 601 g/mol. The van der Waals surface area contributed by atoms with Gasteiger partial charge in [-0.1, -0.05) is 63.9 Å². The number of ketones is 1. The normalized spacial score (nSPS) is 23.0. The van der Waals surface area contributed by atoms with Crippen LogP contribution in [0.2, 0.25) is 0 Å². The van der Waals surface area contributed by atoms with E-state index in [1.54, 1.807) is 28.4 Å². The van der Waals surface area contributed by atoms with Crippen LogP contribution >= 0.6 is 7.92 Å². The standard InChI is InChI=1S/C37H45O5P/c1-39-29-18-10-19-30(40-2)35(29)27-16-9-17-28(36-31(41-3)20-11-21-32(36)42-4)37(27)43-33(24-12-5-6-13-24)22-26(38)23-34(43)25-14-7-8-15-25/h9-11,16-21,24-25,33-34H,5-8,12-15,22-23H2,1-4H3. The molecule has 0 bridgehead atoms. The molecular formula is C37H45O5P. The molecule has 2 unspecified atom stereocenters. The van der Waals surface area contributed by atoms with E-state index >= 15 is 0 Å². The first-order valence-electron chi connectivity index (χ1n) is 15.9. The summed E-state index contributed by atoms with van der Waals surface area (Å²) >= 11 is 0. The minimum absolute atomic E-state index is 0.366. The van der Waals surface area contributed by atoms with Crippen molar-refractivity contribution >= 4 is 19.0 Å². The predicted molar refractivity (Wildman–Crippen MR) is 176 cm³/mol. The maximum absolute atomic E-state index is 13.6. The van der Waals surface area contributed by atoms with Gasteiger partial charge in [-0.25, -0.2) is 0 Å². The molecule has 0 spiro atoms. The van der Waals surface area contributed by atoms with Crippen molar-refractivity contribution in [2.75, 3.05) is 28.4 Å².